The van der Waals surface area contributed by atoms with E-state index in [1.165, 1.54) is 0 Å². The zero-order valence-corrected chi connectivity index (χ0v) is 9.24. The van der Waals surface area contributed by atoms with Gasteiger partial charge in [0.1, 0.15) is 0 Å². The SMILES string of the molecule is Fc1cc(I)c(Cl)cc1OC(F)(F)F. The number of benzene rings is 1. The largest absolute Gasteiger partial charge is 0.573 e. The normalized spacial score (nSPS) is 11.6. The van der Waals surface area contributed by atoms with Gasteiger partial charge >= 0.3 is 6.36 Å². The Labute approximate surface area is 95.1 Å². The van der Waals surface area contributed by atoms with E-state index in [1.54, 1.807) is 22.6 Å². The summed E-state index contributed by atoms with van der Waals surface area (Å²) >= 11 is 7.19. The summed E-state index contributed by atoms with van der Waals surface area (Å²) in [5, 5.41) is 0.00579. The Hall–Kier alpha value is -0.240. The summed E-state index contributed by atoms with van der Waals surface area (Å²) in [6.07, 6.45) is -4.92. The van der Waals surface area contributed by atoms with Crippen LogP contribution in [0.15, 0.2) is 12.1 Å². The van der Waals surface area contributed by atoms with Crippen LogP contribution in [0, 0.1) is 9.39 Å². The lowest BCUT2D eigenvalue weighted by Gasteiger charge is -2.10. The van der Waals surface area contributed by atoms with Crippen LogP contribution in [-0.4, -0.2) is 6.36 Å². The van der Waals surface area contributed by atoms with E-state index in [2.05, 4.69) is 4.74 Å². The Bertz CT molecular complexity index is 352. The van der Waals surface area contributed by atoms with Gasteiger partial charge in [-0.2, -0.15) is 0 Å². The van der Waals surface area contributed by atoms with Crippen molar-refractivity contribution in [3.8, 4) is 5.75 Å². The standard InChI is InChI=1S/C7H2ClF4IO/c8-3-1-6(14-7(10,11)12)4(9)2-5(3)13/h1-2H. The molecule has 1 rings (SSSR count). The van der Waals surface area contributed by atoms with Crippen molar-refractivity contribution in [3.63, 3.8) is 0 Å². The fraction of sp³-hybridized carbons (Fsp3) is 0.143. The highest BCUT2D eigenvalue weighted by Gasteiger charge is 2.32. The fourth-order valence-corrected chi connectivity index (χ4v) is 1.29. The van der Waals surface area contributed by atoms with E-state index in [9.17, 15) is 17.6 Å². The second kappa shape index (κ2) is 4.09. The molecule has 78 valence electrons. The number of rotatable bonds is 1. The molecule has 0 atom stereocenters. The van der Waals surface area contributed by atoms with Crippen molar-refractivity contribution >= 4 is 34.2 Å². The first kappa shape index (κ1) is 11.8. The van der Waals surface area contributed by atoms with Gasteiger partial charge in [-0.1, -0.05) is 11.6 Å². The molecule has 0 amide bonds. The molecule has 7 heteroatoms. The van der Waals surface area contributed by atoms with E-state index < -0.39 is 17.9 Å². The summed E-state index contributed by atoms with van der Waals surface area (Å²) in [5.41, 5.74) is 0. The van der Waals surface area contributed by atoms with Crippen LogP contribution in [0.5, 0.6) is 5.75 Å². The molecule has 0 bridgehead atoms. The summed E-state index contributed by atoms with van der Waals surface area (Å²) in [5.74, 6) is -2.03. The summed E-state index contributed by atoms with van der Waals surface area (Å²) < 4.78 is 51.8. The highest BCUT2D eigenvalue weighted by Crippen LogP contribution is 2.30. The van der Waals surface area contributed by atoms with Crippen LogP contribution in [0.1, 0.15) is 0 Å². The summed E-state index contributed by atoms with van der Waals surface area (Å²) in [4.78, 5) is 0. The minimum atomic E-state index is -4.92. The molecule has 0 radical (unpaired) electrons. The minimum absolute atomic E-state index is 0.00579. The Morgan fingerprint density at radius 2 is 1.86 bits per heavy atom. The molecule has 0 heterocycles. The molecule has 1 aromatic rings. The van der Waals surface area contributed by atoms with Crippen molar-refractivity contribution in [3.05, 3.63) is 26.5 Å². The quantitative estimate of drug-likeness (QED) is 0.427. The smallest absolute Gasteiger partial charge is 0.403 e. The zero-order valence-electron chi connectivity index (χ0n) is 6.33. The summed E-state index contributed by atoms with van der Waals surface area (Å²) in [6, 6.07) is 1.65. The molecule has 0 unspecified atom stereocenters. The number of halogens is 6. The molecule has 0 aliphatic rings. The number of hydrogen-bond donors (Lipinski definition) is 0. The number of alkyl halides is 3. The molecule has 1 nitrogen and oxygen atoms in total. The van der Waals surface area contributed by atoms with E-state index in [1.807, 2.05) is 0 Å². The van der Waals surface area contributed by atoms with E-state index in [4.69, 9.17) is 11.6 Å². The molecule has 0 aromatic heterocycles. The van der Waals surface area contributed by atoms with Crippen LogP contribution in [0.4, 0.5) is 17.6 Å². The minimum Gasteiger partial charge on any atom is -0.403 e. The molecule has 1 aromatic carbocycles. The van der Waals surface area contributed by atoms with Crippen LogP contribution in [0.25, 0.3) is 0 Å². The monoisotopic (exact) mass is 340 g/mol. The lowest BCUT2D eigenvalue weighted by molar-refractivity contribution is -0.275. The molecular weight excluding hydrogens is 338 g/mol. The predicted molar refractivity (Wildman–Crippen MR) is 50.8 cm³/mol. The first-order valence-electron chi connectivity index (χ1n) is 3.20. The molecule has 0 saturated heterocycles. The third-order valence-electron chi connectivity index (χ3n) is 1.20. The first-order valence-corrected chi connectivity index (χ1v) is 4.65. The van der Waals surface area contributed by atoms with E-state index in [0.717, 1.165) is 12.1 Å². The van der Waals surface area contributed by atoms with Gasteiger partial charge in [0.05, 0.1) is 5.02 Å². The van der Waals surface area contributed by atoms with Crippen molar-refractivity contribution in [1.29, 1.82) is 0 Å². The van der Waals surface area contributed by atoms with Crippen molar-refractivity contribution in [1.82, 2.24) is 0 Å². The molecule has 0 aliphatic heterocycles. The van der Waals surface area contributed by atoms with Gasteiger partial charge in [0, 0.05) is 9.64 Å². The third-order valence-corrected chi connectivity index (χ3v) is 2.72. The fourth-order valence-electron chi connectivity index (χ4n) is 0.707. The van der Waals surface area contributed by atoms with Gasteiger partial charge < -0.3 is 4.74 Å². The number of ether oxygens (including phenoxy) is 1. The van der Waals surface area contributed by atoms with Gasteiger partial charge in [-0.3, -0.25) is 0 Å². The lowest BCUT2D eigenvalue weighted by Crippen LogP contribution is -2.18. The maximum Gasteiger partial charge on any atom is 0.573 e. The van der Waals surface area contributed by atoms with Crippen LogP contribution in [-0.2, 0) is 0 Å². The van der Waals surface area contributed by atoms with Gasteiger partial charge in [-0.05, 0) is 28.7 Å². The number of hydrogen-bond acceptors (Lipinski definition) is 1. The van der Waals surface area contributed by atoms with Crippen molar-refractivity contribution in [2.75, 3.05) is 0 Å². The average molecular weight is 340 g/mol. The molecule has 0 saturated carbocycles. The topological polar surface area (TPSA) is 9.23 Å². The van der Waals surface area contributed by atoms with Crippen molar-refractivity contribution in [2.45, 2.75) is 6.36 Å². The average Bonchev–Trinajstić information content (AvgIpc) is 1.97. The first-order chi connectivity index (χ1) is 6.29. The highest BCUT2D eigenvalue weighted by atomic mass is 127. The molecule has 0 spiro atoms. The van der Waals surface area contributed by atoms with Crippen molar-refractivity contribution < 1.29 is 22.3 Å². The predicted octanol–water partition coefficient (Wildman–Crippen LogP) is 3.98. The molecular formula is C7H2ClF4IO. The second-order valence-corrected chi connectivity index (χ2v) is 3.81. The molecule has 0 fully saturated rings. The van der Waals surface area contributed by atoms with Crippen LogP contribution in [0.3, 0.4) is 0 Å². The van der Waals surface area contributed by atoms with E-state index >= 15 is 0 Å². The van der Waals surface area contributed by atoms with E-state index in [-0.39, 0.29) is 5.02 Å². The summed E-state index contributed by atoms with van der Waals surface area (Å²) in [6.45, 7) is 0. The van der Waals surface area contributed by atoms with Crippen LogP contribution < -0.4 is 4.74 Å². The second-order valence-electron chi connectivity index (χ2n) is 2.24. The molecule has 14 heavy (non-hydrogen) atoms. The highest BCUT2D eigenvalue weighted by molar-refractivity contribution is 14.1. The Kier molecular flexibility index (Phi) is 3.46. The van der Waals surface area contributed by atoms with Gasteiger partial charge in [0.25, 0.3) is 0 Å². The van der Waals surface area contributed by atoms with E-state index in [0.29, 0.717) is 3.57 Å². The summed E-state index contributed by atoms with van der Waals surface area (Å²) in [7, 11) is 0. The van der Waals surface area contributed by atoms with Crippen molar-refractivity contribution in [2.24, 2.45) is 0 Å². The van der Waals surface area contributed by atoms with Gasteiger partial charge in [0.2, 0.25) is 0 Å². The van der Waals surface area contributed by atoms with Crippen LogP contribution >= 0.6 is 34.2 Å². The molecule has 0 N–H and O–H groups in total. The third kappa shape index (κ3) is 3.16. The molecule has 0 aliphatic carbocycles. The zero-order chi connectivity index (χ0) is 10.9. The van der Waals surface area contributed by atoms with Crippen LogP contribution in [0.2, 0.25) is 5.02 Å². The Morgan fingerprint density at radius 3 is 2.36 bits per heavy atom. The Balaban J connectivity index is 3.04. The lowest BCUT2D eigenvalue weighted by atomic mass is 10.3. The maximum atomic E-state index is 12.9. The van der Waals surface area contributed by atoms with Gasteiger partial charge in [-0.15, -0.1) is 13.2 Å². The Morgan fingerprint density at radius 1 is 1.29 bits per heavy atom. The maximum absolute atomic E-state index is 12.9. The van der Waals surface area contributed by atoms with Gasteiger partial charge in [-0.25, -0.2) is 4.39 Å². The van der Waals surface area contributed by atoms with Gasteiger partial charge in [0.15, 0.2) is 11.6 Å².